The molecule has 1 atom stereocenters. The predicted octanol–water partition coefficient (Wildman–Crippen LogP) is 1.05. The van der Waals surface area contributed by atoms with Crippen molar-refractivity contribution in [1.29, 1.82) is 0 Å². The summed E-state index contributed by atoms with van der Waals surface area (Å²) in [7, 11) is 1.57. The van der Waals surface area contributed by atoms with E-state index in [1.54, 1.807) is 14.0 Å². The van der Waals surface area contributed by atoms with Crippen LogP contribution in [0.25, 0.3) is 0 Å². The molecule has 0 spiro atoms. The predicted molar refractivity (Wildman–Crippen MR) is 82.7 cm³/mol. The van der Waals surface area contributed by atoms with E-state index in [2.05, 4.69) is 21.1 Å². The molecule has 116 valence electrons. The normalized spacial score (nSPS) is 17.3. The van der Waals surface area contributed by atoms with E-state index in [-0.39, 0.29) is 24.2 Å². The molecule has 22 heavy (non-hydrogen) atoms. The van der Waals surface area contributed by atoms with E-state index in [0.717, 1.165) is 5.56 Å². The first-order chi connectivity index (χ1) is 10.6. The minimum atomic E-state index is -0.330. The number of para-hydroxylation sites is 1. The molecule has 7 heteroatoms. The fourth-order valence-electron chi connectivity index (χ4n) is 2.11. The van der Waals surface area contributed by atoms with Crippen molar-refractivity contribution in [3.8, 4) is 5.75 Å². The summed E-state index contributed by atoms with van der Waals surface area (Å²) >= 11 is 0. The number of hydrazone groups is 2. The van der Waals surface area contributed by atoms with Crippen LogP contribution in [0.2, 0.25) is 0 Å². The molecular formula is C15H18N4O3. The first-order valence-corrected chi connectivity index (χ1v) is 6.90. The van der Waals surface area contributed by atoms with E-state index < -0.39 is 0 Å². The Labute approximate surface area is 128 Å². The molecule has 1 unspecified atom stereocenters. The lowest BCUT2D eigenvalue weighted by Crippen LogP contribution is -2.25. The molecule has 1 aromatic rings. The summed E-state index contributed by atoms with van der Waals surface area (Å²) in [6, 6.07) is 7.35. The van der Waals surface area contributed by atoms with Gasteiger partial charge in [-0.05, 0) is 25.5 Å². The van der Waals surface area contributed by atoms with Crippen LogP contribution >= 0.6 is 0 Å². The van der Waals surface area contributed by atoms with Crippen LogP contribution in [0, 0.1) is 5.92 Å². The van der Waals surface area contributed by atoms with Gasteiger partial charge in [0, 0.05) is 17.7 Å². The van der Waals surface area contributed by atoms with Gasteiger partial charge in [-0.25, -0.2) is 10.9 Å². The van der Waals surface area contributed by atoms with Crippen molar-refractivity contribution in [1.82, 2.24) is 10.9 Å². The number of nitrogens with zero attached hydrogens (tertiary/aromatic N) is 2. The standard InChI is InChI=1S/C15H18N4O3/c1-10-12(15(21)19-17-10)7-8-14(20)18-16-9-11-5-3-4-6-13(11)22-2/h3-6,9,12H,7-8H2,1-2H3,(H,18,20)(H,19,21)/b16-9+. The number of methoxy groups -OCH3 is 1. The molecule has 2 rings (SSSR count). The fourth-order valence-corrected chi connectivity index (χ4v) is 2.11. The van der Waals surface area contributed by atoms with Crippen molar-refractivity contribution in [2.75, 3.05) is 7.11 Å². The summed E-state index contributed by atoms with van der Waals surface area (Å²) < 4.78 is 5.18. The van der Waals surface area contributed by atoms with Crippen molar-refractivity contribution in [2.45, 2.75) is 19.8 Å². The number of carbonyl (C=O) groups is 2. The molecule has 0 fully saturated rings. The van der Waals surface area contributed by atoms with Gasteiger partial charge in [-0.3, -0.25) is 9.59 Å². The van der Waals surface area contributed by atoms with Crippen LogP contribution in [-0.4, -0.2) is 30.9 Å². The van der Waals surface area contributed by atoms with Gasteiger partial charge in [0.2, 0.25) is 11.8 Å². The Balaban J connectivity index is 1.81. The summed E-state index contributed by atoms with van der Waals surface area (Å²) in [5.41, 5.74) is 6.30. The third kappa shape index (κ3) is 3.91. The molecule has 0 saturated carbocycles. The van der Waals surface area contributed by atoms with Gasteiger partial charge < -0.3 is 4.74 Å². The maximum absolute atomic E-state index is 11.7. The van der Waals surface area contributed by atoms with Gasteiger partial charge in [-0.15, -0.1) is 0 Å². The SMILES string of the molecule is COc1ccccc1/C=N/NC(=O)CCC1C(=O)NN=C1C. The van der Waals surface area contributed by atoms with Gasteiger partial charge in [-0.1, -0.05) is 12.1 Å². The van der Waals surface area contributed by atoms with Crippen LogP contribution in [0.4, 0.5) is 0 Å². The van der Waals surface area contributed by atoms with Crippen molar-refractivity contribution >= 4 is 23.7 Å². The zero-order chi connectivity index (χ0) is 15.9. The lowest BCUT2D eigenvalue weighted by Gasteiger charge is -2.06. The van der Waals surface area contributed by atoms with Gasteiger partial charge in [0.05, 0.1) is 19.2 Å². The topological polar surface area (TPSA) is 92.1 Å². The van der Waals surface area contributed by atoms with Crippen LogP contribution in [0.15, 0.2) is 34.5 Å². The number of amides is 2. The van der Waals surface area contributed by atoms with Gasteiger partial charge in [0.15, 0.2) is 0 Å². The second-order valence-electron chi connectivity index (χ2n) is 4.86. The third-order valence-electron chi connectivity index (χ3n) is 3.36. The number of hydrogen-bond acceptors (Lipinski definition) is 5. The Morgan fingerprint density at radius 2 is 2.27 bits per heavy atom. The number of carbonyl (C=O) groups excluding carboxylic acids is 2. The molecule has 1 aromatic carbocycles. The largest absolute Gasteiger partial charge is 0.496 e. The average molecular weight is 302 g/mol. The zero-order valence-electron chi connectivity index (χ0n) is 12.5. The van der Waals surface area contributed by atoms with Crippen LogP contribution < -0.4 is 15.6 Å². The molecule has 0 saturated heterocycles. The van der Waals surface area contributed by atoms with Crippen LogP contribution in [-0.2, 0) is 9.59 Å². The van der Waals surface area contributed by atoms with Crippen molar-refractivity contribution < 1.29 is 14.3 Å². The second-order valence-corrected chi connectivity index (χ2v) is 4.86. The molecule has 2 N–H and O–H groups in total. The number of nitrogens with one attached hydrogen (secondary N) is 2. The maximum Gasteiger partial charge on any atom is 0.248 e. The summed E-state index contributed by atoms with van der Waals surface area (Å²) in [4.78, 5) is 23.2. The highest BCUT2D eigenvalue weighted by Gasteiger charge is 2.26. The molecule has 0 aliphatic carbocycles. The minimum absolute atomic E-state index is 0.164. The lowest BCUT2D eigenvalue weighted by molar-refractivity contribution is -0.123. The Bertz CT molecular complexity index is 625. The number of ether oxygens (including phenoxy) is 1. The molecule has 0 radical (unpaired) electrons. The van der Waals surface area contributed by atoms with E-state index in [4.69, 9.17) is 4.74 Å². The van der Waals surface area contributed by atoms with Crippen LogP contribution in [0.5, 0.6) is 5.75 Å². The van der Waals surface area contributed by atoms with E-state index in [9.17, 15) is 9.59 Å². The molecule has 2 amide bonds. The summed E-state index contributed by atoms with van der Waals surface area (Å²) in [5.74, 6) is -0.0691. The number of benzene rings is 1. The molecule has 1 aliphatic rings. The quantitative estimate of drug-likeness (QED) is 0.607. The fraction of sp³-hybridized carbons (Fsp3) is 0.333. The smallest absolute Gasteiger partial charge is 0.248 e. The Morgan fingerprint density at radius 1 is 1.50 bits per heavy atom. The summed E-state index contributed by atoms with van der Waals surface area (Å²) in [6.45, 7) is 1.76. The molecule has 0 aromatic heterocycles. The molecule has 1 heterocycles. The van der Waals surface area contributed by atoms with E-state index in [1.807, 2.05) is 24.3 Å². The van der Waals surface area contributed by atoms with Crippen molar-refractivity contribution in [3.63, 3.8) is 0 Å². The average Bonchev–Trinajstić information content (AvgIpc) is 2.84. The lowest BCUT2D eigenvalue weighted by atomic mass is 9.99. The monoisotopic (exact) mass is 302 g/mol. The zero-order valence-corrected chi connectivity index (χ0v) is 12.5. The molecular weight excluding hydrogens is 284 g/mol. The van der Waals surface area contributed by atoms with Gasteiger partial charge in [0.1, 0.15) is 5.75 Å². The molecule has 1 aliphatic heterocycles. The second kappa shape index (κ2) is 7.35. The highest BCUT2D eigenvalue weighted by atomic mass is 16.5. The Hall–Kier alpha value is -2.70. The van der Waals surface area contributed by atoms with Gasteiger partial charge in [-0.2, -0.15) is 10.2 Å². The number of hydrogen-bond donors (Lipinski definition) is 2. The highest BCUT2D eigenvalue weighted by molar-refractivity contribution is 6.07. The maximum atomic E-state index is 11.7. The Kier molecular flexibility index (Phi) is 5.24. The number of rotatable bonds is 6. The minimum Gasteiger partial charge on any atom is -0.496 e. The summed E-state index contributed by atoms with van der Waals surface area (Å²) in [6.07, 6.45) is 2.14. The van der Waals surface area contributed by atoms with E-state index in [1.165, 1.54) is 6.21 Å². The van der Waals surface area contributed by atoms with Gasteiger partial charge in [0.25, 0.3) is 0 Å². The molecule has 7 nitrogen and oxygen atoms in total. The van der Waals surface area contributed by atoms with E-state index >= 15 is 0 Å². The van der Waals surface area contributed by atoms with Gasteiger partial charge >= 0.3 is 0 Å². The van der Waals surface area contributed by atoms with E-state index in [0.29, 0.717) is 17.9 Å². The molecule has 0 bridgehead atoms. The van der Waals surface area contributed by atoms with Crippen LogP contribution in [0.3, 0.4) is 0 Å². The summed E-state index contributed by atoms with van der Waals surface area (Å²) in [5, 5.41) is 7.74. The third-order valence-corrected chi connectivity index (χ3v) is 3.36. The Morgan fingerprint density at radius 3 is 2.95 bits per heavy atom. The van der Waals surface area contributed by atoms with Crippen molar-refractivity contribution in [2.24, 2.45) is 16.1 Å². The first-order valence-electron chi connectivity index (χ1n) is 6.90. The first kappa shape index (κ1) is 15.7. The van der Waals surface area contributed by atoms with Crippen molar-refractivity contribution in [3.05, 3.63) is 29.8 Å². The highest BCUT2D eigenvalue weighted by Crippen LogP contribution is 2.15. The van der Waals surface area contributed by atoms with Crippen LogP contribution in [0.1, 0.15) is 25.3 Å².